The maximum atomic E-state index is 5.39. The third-order valence-electron chi connectivity index (χ3n) is 15.7. The Hall–Kier alpha value is -6.98. The lowest BCUT2D eigenvalue weighted by atomic mass is 9.81. The van der Waals surface area contributed by atoms with E-state index < -0.39 is 0 Å². The zero-order chi connectivity index (χ0) is 42.6. The fourth-order valence-electron chi connectivity index (χ4n) is 12.9. The van der Waals surface area contributed by atoms with E-state index >= 15 is 0 Å². The van der Waals surface area contributed by atoms with Gasteiger partial charge in [-0.05, 0) is 122 Å². The first-order chi connectivity index (χ1) is 32.2. The minimum Gasteiger partial charge on any atom is -0.337 e. The minimum atomic E-state index is 0.0759. The third kappa shape index (κ3) is 5.77. The molecule has 316 valence electrons. The molecule has 2 aliphatic heterocycles. The van der Waals surface area contributed by atoms with Crippen LogP contribution in [0.2, 0.25) is 0 Å². The van der Waals surface area contributed by atoms with Gasteiger partial charge in [0, 0.05) is 61.9 Å². The van der Waals surface area contributed by atoms with Crippen LogP contribution in [0.25, 0.3) is 45.5 Å². The van der Waals surface area contributed by atoms with Crippen molar-refractivity contribution in [3.63, 3.8) is 0 Å². The molecule has 65 heavy (non-hydrogen) atoms. The summed E-state index contributed by atoms with van der Waals surface area (Å²) in [5.74, 6) is 1.43. The Kier molecular flexibility index (Phi) is 8.51. The van der Waals surface area contributed by atoms with Crippen molar-refractivity contribution in [2.75, 3.05) is 4.90 Å². The number of allylic oxidation sites excluding steroid dienone is 14. The van der Waals surface area contributed by atoms with E-state index in [0.29, 0.717) is 18.0 Å². The number of fused-ring (bicyclic) bond motifs is 10. The smallest absolute Gasteiger partial charge is 0.231 e. The maximum absolute atomic E-state index is 5.39. The molecule has 5 unspecified atom stereocenters. The Labute approximate surface area is 380 Å². The van der Waals surface area contributed by atoms with E-state index in [1.807, 2.05) is 0 Å². The molecule has 0 fully saturated rings. The largest absolute Gasteiger partial charge is 0.337 e. The summed E-state index contributed by atoms with van der Waals surface area (Å²) in [6.07, 6.45) is 47.6. The molecule has 0 bridgehead atoms. The number of para-hydroxylation sites is 1. The monoisotopic (exact) mass is 841 g/mol. The standard InChI is InChI=1S/C60H51N5/c1-3-15-38(16-4-1)59-48-22-7-11-23-51(48)61-60(62-59)65-54-26-14-10-21-47(54)49-36-39(27-32-55(49)65)40-28-33-56-50(37-40)58-44-31-30-43(35-41(44)29-34-57(58)63(56)42-17-5-2-6-18-42)64-52-24-12-8-19-45(52)46-20-9-13-25-53(46)64/h1-6,8,10,12-17,19,21-28,32-33,35-37,42,45,49,52,55H,7,9,11,18,20,29-31,34H2. The van der Waals surface area contributed by atoms with Gasteiger partial charge in [-0.2, -0.15) is 0 Å². The molecule has 0 radical (unpaired) electrons. The summed E-state index contributed by atoms with van der Waals surface area (Å²) in [5.41, 5.74) is 19.3. The molecule has 5 nitrogen and oxygen atoms in total. The van der Waals surface area contributed by atoms with Crippen molar-refractivity contribution in [3.8, 4) is 11.3 Å². The molecule has 5 atom stereocenters. The quantitative estimate of drug-likeness (QED) is 0.177. The normalized spacial score (nSPS) is 25.3. The second-order valence-corrected chi connectivity index (χ2v) is 19.1. The van der Waals surface area contributed by atoms with Crippen LogP contribution < -0.4 is 15.5 Å². The molecule has 5 aromatic rings. The van der Waals surface area contributed by atoms with Gasteiger partial charge >= 0.3 is 0 Å². The lowest BCUT2D eigenvalue weighted by molar-refractivity contribution is 0.358. The zero-order valence-corrected chi connectivity index (χ0v) is 36.7. The number of anilines is 2. The molecule has 4 heterocycles. The van der Waals surface area contributed by atoms with E-state index in [1.54, 1.807) is 16.7 Å². The molecule has 0 saturated carbocycles. The summed E-state index contributed by atoms with van der Waals surface area (Å²) in [4.78, 5) is 15.8. The highest BCUT2D eigenvalue weighted by Crippen LogP contribution is 2.52. The Morgan fingerprint density at radius 2 is 1.52 bits per heavy atom. The van der Waals surface area contributed by atoms with Gasteiger partial charge in [-0.3, -0.25) is 0 Å². The lowest BCUT2D eigenvalue weighted by Gasteiger charge is -2.36. The predicted molar refractivity (Wildman–Crippen MR) is 266 cm³/mol. The Bertz CT molecular complexity index is 3340. The molecule has 2 aromatic heterocycles. The minimum absolute atomic E-state index is 0.0759. The van der Waals surface area contributed by atoms with Crippen LogP contribution in [0.15, 0.2) is 180 Å². The maximum Gasteiger partial charge on any atom is 0.231 e. The number of nitrogens with zero attached hydrogens (tertiary/aromatic N) is 5. The first kappa shape index (κ1) is 37.4. The summed E-state index contributed by atoms with van der Waals surface area (Å²) in [5, 5.41) is 3.60. The number of benzene rings is 3. The van der Waals surface area contributed by atoms with Gasteiger partial charge in [0.25, 0.3) is 0 Å². The highest BCUT2D eigenvalue weighted by molar-refractivity contribution is 6.00. The van der Waals surface area contributed by atoms with Crippen LogP contribution in [0, 0.1) is 5.92 Å². The van der Waals surface area contributed by atoms with E-state index in [2.05, 4.69) is 184 Å². The Morgan fingerprint density at radius 3 is 2.46 bits per heavy atom. The molecule has 0 saturated heterocycles. The van der Waals surface area contributed by atoms with Gasteiger partial charge in [-0.25, -0.2) is 9.97 Å². The molecular formula is C60H51N5. The first-order valence-corrected chi connectivity index (χ1v) is 24.1. The molecule has 14 rings (SSSR count). The Morgan fingerprint density at radius 1 is 0.646 bits per heavy atom. The van der Waals surface area contributed by atoms with Crippen LogP contribution in [-0.4, -0.2) is 31.5 Å². The average molecular weight is 842 g/mol. The van der Waals surface area contributed by atoms with Gasteiger partial charge in [0.2, 0.25) is 5.95 Å². The van der Waals surface area contributed by atoms with Gasteiger partial charge in [0.15, 0.2) is 0 Å². The van der Waals surface area contributed by atoms with Gasteiger partial charge in [-0.1, -0.05) is 140 Å². The summed E-state index contributed by atoms with van der Waals surface area (Å²) in [7, 11) is 0. The van der Waals surface area contributed by atoms with Crippen molar-refractivity contribution in [2.24, 2.45) is 5.92 Å². The summed E-state index contributed by atoms with van der Waals surface area (Å²) in [6.45, 7) is 0. The molecule has 0 spiro atoms. The van der Waals surface area contributed by atoms with Crippen molar-refractivity contribution in [3.05, 3.63) is 213 Å². The Balaban J connectivity index is 0.867. The second-order valence-electron chi connectivity index (χ2n) is 19.1. The number of hydrogen-bond donors (Lipinski definition) is 0. The number of rotatable bonds is 5. The van der Waals surface area contributed by atoms with Crippen LogP contribution >= 0.6 is 0 Å². The van der Waals surface area contributed by atoms with Crippen molar-refractivity contribution in [2.45, 2.75) is 81.8 Å². The molecule has 3 aromatic carbocycles. The number of hydrogen-bond acceptors (Lipinski definition) is 4. The fraction of sp³-hybridized carbons (Fsp3) is 0.233. The summed E-state index contributed by atoms with van der Waals surface area (Å²) < 4.78 is 2.70. The van der Waals surface area contributed by atoms with Crippen LogP contribution in [-0.2, 0) is 6.42 Å². The van der Waals surface area contributed by atoms with Gasteiger partial charge in [0.1, 0.15) is 0 Å². The SMILES string of the molecule is C1=CCC(n2c3c(c4cc(C5=CC6c7ccccc7N(c7nc(-c8ccccc8)c8c(n7)=CCCC=8)C6C=C5)ccc42)C2=C(C=C(N4C5=C(CCC=C5)C5C=CC=CC54)CC2)CC3)C=C1. The second kappa shape index (κ2) is 14.8. The zero-order valence-electron chi connectivity index (χ0n) is 36.7. The van der Waals surface area contributed by atoms with Crippen molar-refractivity contribution >= 4 is 45.8 Å². The van der Waals surface area contributed by atoms with Crippen LogP contribution in [0.5, 0.6) is 0 Å². The van der Waals surface area contributed by atoms with E-state index in [9.17, 15) is 0 Å². The fourth-order valence-corrected chi connectivity index (χ4v) is 12.9. The molecule has 5 heteroatoms. The molecule has 0 amide bonds. The molecule has 0 N–H and O–H groups in total. The summed E-state index contributed by atoms with van der Waals surface area (Å²) in [6, 6.07) is 27.7. The van der Waals surface area contributed by atoms with Crippen LogP contribution in [0.3, 0.4) is 0 Å². The van der Waals surface area contributed by atoms with Crippen LogP contribution in [0.4, 0.5) is 11.6 Å². The third-order valence-corrected chi connectivity index (χ3v) is 15.7. The van der Waals surface area contributed by atoms with Crippen molar-refractivity contribution in [1.82, 2.24) is 19.4 Å². The highest BCUT2D eigenvalue weighted by Gasteiger charge is 2.42. The van der Waals surface area contributed by atoms with Crippen molar-refractivity contribution in [1.29, 1.82) is 0 Å². The van der Waals surface area contributed by atoms with Gasteiger partial charge in [0.05, 0.1) is 29.2 Å². The highest BCUT2D eigenvalue weighted by atomic mass is 15.3. The van der Waals surface area contributed by atoms with Gasteiger partial charge in [-0.15, -0.1) is 0 Å². The van der Waals surface area contributed by atoms with E-state index in [0.717, 1.165) is 79.1 Å². The van der Waals surface area contributed by atoms with E-state index in [1.165, 1.54) is 62.4 Å². The van der Waals surface area contributed by atoms with Crippen molar-refractivity contribution < 1.29 is 0 Å². The summed E-state index contributed by atoms with van der Waals surface area (Å²) >= 11 is 0. The van der Waals surface area contributed by atoms with Gasteiger partial charge < -0.3 is 14.4 Å². The lowest BCUT2D eigenvalue weighted by Crippen LogP contribution is -2.38. The van der Waals surface area contributed by atoms with E-state index in [4.69, 9.17) is 9.97 Å². The first-order valence-electron chi connectivity index (χ1n) is 24.1. The molecular weight excluding hydrogens is 791 g/mol. The van der Waals surface area contributed by atoms with E-state index in [-0.39, 0.29) is 12.0 Å². The number of aromatic nitrogens is 3. The molecule has 9 aliphatic rings. The average Bonchev–Trinajstić information content (AvgIpc) is 4.02. The van der Waals surface area contributed by atoms with Crippen LogP contribution in [0.1, 0.15) is 85.7 Å². The predicted octanol–water partition coefficient (Wildman–Crippen LogP) is 12.2. The molecule has 7 aliphatic carbocycles. The topological polar surface area (TPSA) is 37.2 Å².